The quantitative estimate of drug-likeness (QED) is 0.486. The number of ether oxygens (including phenoxy) is 3. The van der Waals surface area contributed by atoms with Gasteiger partial charge >= 0.3 is 0 Å². The molecule has 0 saturated heterocycles. The Hall–Kier alpha value is -4.04. The van der Waals surface area contributed by atoms with E-state index in [-0.39, 0.29) is 24.5 Å². The van der Waals surface area contributed by atoms with Crippen LogP contribution >= 0.6 is 0 Å². The number of nitrogens with one attached hydrogen (secondary N) is 2. The number of methoxy groups -OCH3 is 1. The zero-order valence-electron chi connectivity index (χ0n) is 19.8. The second-order valence-electron chi connectivity index (χ2n) is 8.11. The summed E-state index contributed by atoms with van der Waals surface area (Å²) in [7, 11) is 1.55. The molecule has 0 saturated carbocycles. The van der Waals surface area contributed by atoms with Crippen molar-refractivity contribution >= 4 is 23.2 Å². The van der Waals surface area contributed by atoms with E-state index in [4.69, 9.17) is 14.2 Å². The molecule has 0 bridgehead atoms. The first-order chi connectivity index (χ1) is 17.1. The number of amides is 2. The van der Waals surface area contributed by atoms with E-state index in [1.165, 1.54) is 0 Å². The number of nitrogens with zero attached hydrogens (tertiary/aromatic N) is 1. The number of hydrogen-bond acceptors (Lipinski definition) is 6. The van der Waals surface area contributed by atoms with Crippen LogP contribution < -0.4 is 24.8 Å². The minimum absolute atomic E-state index is 0.143. The molecule has 1 heterocycles. The van der Waals surface area contributed by atoms with E-state index < -0.39 is 0 Å². The third-order valence-corrected chi connectivity index (χ3v) is 5.63. The third kappa shape index (κ3) is 6.30. The van der Waals surface area contributed by atoms with Crippen molar-refractivity contribution in [3.05, 3.63) is 78.4 Å². The van der Waals surface area contributed by atoms with Crippen molar-refractivity contribution in [2.75, 3.05) is 44.0 Å². The van der Waals surface area contributed by atoms with Crippen molar-refractivity contribution < 1.29 is 23.8 Å². The zero-order chi connectivity index (χ0) is 24.6. The number of carbonyl (C=O) groups excluding carboxylic acids is 2. The van der Waals surface area contributed by atoms with Gasteiger partial charge in [-0.1, -0.05) is 31.2 Å². The van der Waals surface area contributed by atoms with Gasteiger partial charge in [0.15, 0.2) is 11.5 Å². The Morgan fingerprint density at radius 3 is 2.43 bits per heavy atom. The number of carbonyl (C=O) groups is 2. The monoisotopic (exact) mass is 475 g/mol. The van der Waals surface area contributed by atoms with Crippen LogP contribution in [0.15, 0.2) is 72.8 Å². The predicted molar refractivity (Wildman–Crippen MR) is 134 cm³/mol. The summed E-state index contributed by atoms with van der Waals surface area (Å²) < 4.78 is 17.1. The highest BCUT2D eigenvalue weighted by molar-refractivity contribution is 6.05. The molecular weight excluding hydrogens is 446 g/mol. The Morgan fingerprint density at radius 1 is 0.971 bits per heavy atom. The lowest BCUT2D eigenvalue weighted by molar-refractivity contribution is -0.117. The second-order valence-corrected chi connectivity index (χ2v) is 8.11. The topological polar surface area (TPSA) is 89.1 Å². The van der Waals surface area contributed by atoms with Crippen molar-refractivity contribution in [2.24, 2.45) is 0 Å². The van der Waals surface area contributed by atoms with E-state index in [0.29, 0.717) is 42.4 Å². The number of hydrogen-bond donors (Lipinski definition) is 2. The van der Waals surface area contributed by atoms with Gasteiger partial charge in [-0.3, -0.25) is 14.5 Å². The normalized spacial score (nSPS) is 14.3. The SMILES string of the molecule is CCN(CC(=O)Nc1ccc(C(=O)Nc2ccccc2OC)cc1)CC1COc2ccccc2O1. The van der Waals surface area contributed by atoms with Crippen molar-refractivity contribution in [3.8, 4) is 17.2 Å². The van der Waals surface area contributed by atoms with Gasteiger partial charge < -0.3 is 24.8 Å². The first kappa shape index (κ1) is 24.1. The summed E-state index contributed by atoms with van der Waals surface area (Å²) in [5.41, 5.74) is 1.68. The van der Waals surface area contributed by atoms with Crippen LogP contribution in [0.4, 0.5) is 11.4 Å². The number of likely N-dealkylation sites (N-methyl/N-ethyl adjacent to an activating group) is 1. The van der Waals surface area contributed by atoms with Gasteiger partial charge in [0.1, 0.15) is 18.5 Å². The van der Waals surface area contributed by atoms with Crippen LogP contribution in [-0.4, -0.2) is 56.2 Å². The summed E-state index contributed by atoms with van der Waals surface area (Å²) in [6, 6.07) is 21.5. The molecule has 35 heavy (non-hydrogen) atoms. The smallest absolute Gasteiger partial charge is 0.255 e. The van der Waals surface area contributed by atoms with Crippen LogP contribution in [0.2, 0.25) is 0 Å². The molecule has 8 nitrogen and oxygen atoms in total. The molecular formula is C27H29N3O5. The molecule has 1 aliphatic heterocycles. The Balaban J connectivity index is 1.28. The molecule has 2 N–H and O–H groups in total. The average Bonchev–Trinajstić information content (AvgIpc) is 2.89. The Morgan fingerprint density at radius 2 is 1.69 bits per heavy atom. The number of fused-ring (bicyclic) bond motifs is 1. The summed E-state index contributed by atoms with van der Waals surface area (Å²) in [4.78, 5) is 27.2. The van der Waals surface area contributed by atoms with Crippen LogP contribution in [0.25, 0.3) is 0 Å². The lowest BCUT2D eigenvalue weighted by Crippen LogP contribution is -2.43. The molecule has 0 spiro atoms. The summed E-state index contributed by atoms with van der Waals surface area (Å²) in [6.45, 7) is 3.92. The molecule has 0 radical (unpaired) electrons. The van der Waals surface area contributed by atoms with Crippen LogP contribution in [0.3, 0.4) is 0 Å². The van der Waals surface area contributed by atoms with Crippen LogP contribution in [0, 0.1) is 0 Å². The van der Waals surface area contributed by atoms with Crippen LogP contribution in [0.5, 0.6) is 17.2 Å². The maximum Gasteiger partial charge on any atom is 0.255 e. The van der Waals surface area contributed by atoms with Crippen molar-refractivity contribution in [1.29, 1.82) is 0 Å². The van der Waals surface area contributed by atoms with Gasteiger partial charge in [0.25, 0.3) is 5.91 Å². The first-order valence-electron chi connectivity index (χ1n) is 11.5. The molecule has 1 unspecified atom stereocenters. The number of benzene rings is 3. The van der Waals surface area contributed by atoms with E-state index in [1.54, 1.807) is 43.5 Å². The van der Waals surface area contributed by atoms with Crippen LogP contribution in [-0.2, 0) is 4.79 Å². The standard InChI is InChI=1S/C27H29N3O5/c1-3-30(16-21-18-34-24-10-6-7-11-25(24)35-21)17-26(31)28-20-14-12-19(13-15-20)27(32)29-22-8-4-5-9-23(22)33-2/h4-15,21H,3,16-18H2,1-2H3,(H,28,31)(H,29,32). The van der Waals surface area contributed by atoms with Gasteiger partial charge in [-0.15, -0.1) is 0 Å². The molecule has 8 heteroatoms. The minimum atomic E-state index is -0.263. The maximum absolute atomic E-state index is 12.6. The van der Waals surface area contributed by atoms with Gasteiger partial charge in [0, 0.05) is 17.8 Å². The fourth-order valence-electron chi connectivity index (χ4n) is 3.80. The summed E-state index contributed by atoms with van der Waals surface area (Å²) >= 11 is 0. The van der Waals surface area contributed by atoms with Gasteiger partial charge in [0.2, 0.25) is 5.91 Å². The van der Waals surface area contributed by atoms with E-state index in [0.717, 1.165) is 11.5 Å². The summed E-state index contributed by atoms with van der Waals surface area (Å²) in [5.74, 6) is 1.64. The molecule has 4 rings (SSSR count). The molecule has 1 atom stereocenters. The van der Waals surface area contributed by atoms with E-state index >= 15 is 0 Å². The summed E-state index contributed by atoms with van der Waals surface area (Å²) in [6.07, 6.45) is -0.154. The largest absolute Gasteiger partial charge is 0.495 e. The number of anilines is 2. The van der Waals surface area contributed by atoms with E-state index in [9.17, 15) is 9.59 Å². The lowest BCUT2D eigenvalue weighted by atomic mass is 10.2. The zero-order valence-corrected chi connectivity index (χ0v) is 19.8. The van der Waals surface area contributed by atoms with Crippen LogP contribution in [0.1, 0.15) is 17.3 Å². The average molecular weight is 476 g/mol. The molecule has 3 aromatic carbocycles. The van der Waals surface area contributed by atoms with Gasteiger partial charge in [-0.05, 0) is 55.1 Å². The predicted octanol–water partition coefficient (Wildman–Crippen LogP) is 4.05. The fourth-order valence-corrected chi connectivity index (χ4v) is 3.80. The van der Waals surface area contributed by atoms with Crippen molar-refractivity contribution in [2.45, 2.75) is 13.0 Å². The molecule has 2 amide bonds. The van der Waals surface area contributed by atoms with Gasteiger partial charge in [-0.2, -0.15) is 0 Å². The fraction of sp³-hybridized carbons (Fsp3) is 0.259. The van der Waals surface area contributed by atoms with Gasteiger partial charge in [-0.25, -0.2) is 0 Å². The first-order valence-corrected chi connectivity index (χ1v) is 11.5. The second kappa shape index (κ2) is 11.4. The highest BCUT2D eigenvalue weighted by Gasteiger charge is 2.23. The summed E-state index contributed by atoms with van der Waals surface area (Å²) in [5, 5.41) is 5.73. The van der Waals surface area contributed by atoms with E-state index in [2.05, 4.69) is 10.6 Å². The minimum Gasteiger partial charge on any atom is -0.495 e. The van der Waals surface area contributed by atoms with E-state index in [1.807, 2.05) is 48.2 Å². The Labute approximate surface area is 204 Å². The highest BCUT2D eigenvalue weighted by atomic mass is 16.6. The molecule has 3 aromatic rings. The molecule has 0 aliphatic carbocycles. The highest BCUT2D eigenvalue weighted by Crippen LogP contribution is 2.31. The van der Waals surface area contributed by atoms with Crippen molar-refractivity contribution in [3.63, 3.8) is 0 Å². The Bertz CT molecular complexity index is 1170. The molecule has 182 valence electrons. The lowest BCUT2D eigenvalue weighted by Gasteiger charge is -2.30. The number of para-hydroxylation sites is 4. The third-order valence-electron chi connectivity index (χ3n) is 5.63. The molecule has 0 fully saturated rings. The maximum atomic E-state index is 12.6. The Kier molecular flexibility index (Phi) is 7.84. The molecule has 1 aliphatic rings. The molecule has 0 aromatic heterocycles. The van der Waals surface area contributed by atoms with Crippen molar-refractivity contribution in [1.82, 2.24) is 4.90 Å². The number of rotatable bonds is 9. The van der Waals surface area contributed by atoms with Gasteiger partial charge in [0.05, 0.1) is 19.3 Å².